The predicted molar refractivity (Wildman–Crippen MR) is 75.5 cm³/mol. The molecule has 0 saturated heterocycles. The van der Waals surface area contributed by atoms with E-state index in [9.17, 15) is 4.79 Å². The number of hydrogen-bond acceptors (Lipinski definition) is 2. The zero-order valence-electron chi connectivity index (χ0n) is 12.2. The van der Waals surface area contributed by atoms with E-state index in [2.05, 4.69) is 38.7 Å². The lowest BCUT2D eigenvalue weighted by Crippen LogP contribution is -2.29. The molecule has 0 aliphatic heterocycles. The Balaban J connectivity index is 3.13. The van der Waals surface area contributed by atoms with Crippen LogP contribution < -0.4 is 4.90 Å². The average Bonchev–Trinajstić information content (AvgIpc) is 2.26. The zero-order valence-corrected chi connectivity index (χ0v) is 12.2. The molecule has 0 aromatic heterocycles. The normalized spacial score (nSPS) is 12.3. The number of rotatable bonds is 4. The quantitative estimate of drug-likeness (QED) is 0.891. The molecule has 0 amide bonds. The van der Waals surface area contributed by atoms with E-state index in [1.165, 1.54) is 27.9 Å². The van der Waals surface area contributed by atoms with Gasteiger partial charge >= 0.3 is 5.97 Å². The Morgan fingerprint density at radius 2 is 1.67 bits per heavy atom. The maximum atomic E-state index is 10.9. The molecule has 1 aromatic rings. The minimum atomic E-state index is -0.749. The second kappa shape index (κ2) is 5.42. The van der Waals surface area contributed by atoms with E-state index in [0.717, 1.165) is 0 Å². The van der Waals surface area contributed by atoms with Crippen LogP contribution in [0.5, 0.6) is 0 Å². The van der Waals surface area contributed by atoms with Crippen LogP contribution in [-0.2, 0) is 4.79 Å². The summed E-state index contributed by atoms with van der Waals surface area (Å²) in [5.74, 6) is -1.11. The molecule has 100 valence electrons. The van der Waals surface area contributed by atoms with E-state index in [-0.39, 0.29) is 5.92 Å². The van der Waals surface area contributed by atoms with E-state index < -0.39 is 5.97 Å². The molecule has 0 bridgehead atoms. The topological polar surface area (TPSA) is 40.5 Å². The number of carboxylic acid groups (broad SMARTS) is 1. The van der Waals surface area contributed by atoms with Crippen LogP contribution in [0.4, 0.5) is 5.69 Å². The van der Waals surface area contributed by atoms with Gasteiger partial charge in [0.2, 0.25) is 0 Å². The van der Waals surface area contributed by atoms with Crippen molar-refractivity contribution in [1.82, 2.24) is 0 Å². The van der Waals surface area contributed by atoms with E-state index in [0.29, 0.717) is 6.54 Å². The predicted octanol–water partition coefficient (Wildman–Crippen LogP) is 3.08. The Bertz CT molecular complexity index is 440. The number of aliphatic carboxylic acids is 1. The summed E-state index contributed by atoms with van der Waals surface area (Å²) in [7, 11) is 1.97. The molecule has 3 heteroatoms. The minimum absolute atomic E-state index is 0.366. The van der Waals surface area contributed by atoms with Gasteiger partial charge in [0.05, 0.1) is 5.92 Å². The van der Waals surface area contributed by atoms with Gasteiger partial charge in [-0.15, -0.1) is 0 Å². The number of nitrogens with zero attached hydrogens (tertiary/aromatic N) is 1. The average molecular weight is 249 g/mol. The highest BCUT2D eigenvalue weighted by Gasteiger charge is 2.17. The smallest absolute Gasteiger partial charge is 0.308 e. The molecule has 3 nitrogen and oxygen atoms in total. The molecule has 0 spiro atoms. The van der Waals surface area contributed by atoms with Crippen molar-refractivity contribution in [1.29, 1.82) is 0 Å². The van der Waals surface area contributed by atoms with Crippen LogP contribution in [0.1, 0.15) is 29.2 Å². The summed E-state index contributed by atoms with van der Waals surface area (Å²) < 4.78 is 0. The molecule has 0 aliphatic rings. The highest BCUT2D eigenvalue weighted by Crippen LogP contribution is 2.29. The highest BCUT2D eigenvalue weighted by molar-refractivity contribution is 5.71. The Morgan fingerprint density at radius 1 is 1.22 bits per heavy atom. The fourth-order valence-electron chi connectivity index (χ4n) is 2.35. The maximum absolute atomic E-state index is 10.9. The molecule has 0 saturated carbocycles. The summed E-state index contributed by atoms with van der Waals surface area (Å²) in [4.78, 5) is 13.0. The first-order valence-electron chi connectivity index (χ1n) is 6.27. The van der Waals surface area contributed by atoms with Gasteiger partial charge in [0.1, 0.15) is 0 Å². The van der Waals surface area contributed by atoms with Crippen molar-refractivity contribution >= 4 is 11.7 Å². The van der Waals surface area contributed by atoms with Crippen LogP contribution in [0, 0.1) is 33.6 Å². The van der Waals surface area contributed by atoms with Gasteiger partial charge in [-0.2, -0.15) is 0 Å². The third kappa shape index (κ3) is 2.84. The van der Waals surface area contributed by atoms with Crippen LogP contribution in [0.15, 0.2) is 6.07 Å². The third-order valence-corrected chi connectivity index (χ3v) is 3.68. The first-order valence-corrected chi connectivity index (χ1v) is 6.27. The van der Waals surface area contributed by atoms with Crippen LogP contribution in [-0.4, -0.2) is 24.7 Å². The zero-order chi connectivity index (χ0) is 14.0. The van der Waals surface area contributed by atoms with E-state index in [4.69, 9.17) is 5.11 Å². The maximum Gasteiger partial charge on any atom is 0.308 e. The summed E-state index contributed by atoms with van der Waals surface area (Å²) in [5.41, 5.74) is 6.14. The van der Waals surface area contributed by atoms with Crippen molar-refractivity contribution in [2.45, 2.75) is 34.6 Å². The first-order chi connectivity index (χ1) is 8.25. The van der Waals surface area contributed by atoms with Gasteiger partial charge in [-0.25, -0.2) is 0 Å². The molecule has 0 radical (unpaired) electrons. The molecular formula is C15H23NO2. The van der Waals surface area contributed by atoms with Gasteiger partial charge in [0.25, 0.3) is 0 Å². The van der Waals surface area contributed by atoms with Crippen molar-refractivity contribution in [3.8, 4) is 0 Å². The minimum Gasteiger partial charge on any atom is -0.481 e. The SMILES string of the molecule is Cc1cc(C)c(C)c(N(C)CC(C)C(=O)O)c1C. The van der Waals surface area contributed by atoms with E-state index in [1.807, 2.05) is 7.05 Å². The number of benzene rings is 1. The second-order valence-electron chi connectivity index (χ2n) is 5.23. The number of carboxylic acids is 1. The van der Waals surface area contributed by atoms with Gasteiger partial charge in [-0.05, 0) is 49.9 Å². The molecule has 0 aliphatic carbocycles. The monoisotopic (exact) mass is 249 g/mol. The van der Waals surface area contributed by atoms with E-state index in [1.54, 1.807) is 6.92 Å². The van der Waals surface area contributed by atoms with Gasteiger partial charge in [-0.1, -0.05) is 13.0 Å². The van der Waals surface area contributed by atoms with E-state index >= 15 is 0 Å². The molecule has 1 rings (SSSR count). The van der Waals surface area contributed by atoms with Crippen LogP contribution >= 0.6 is 0 Å². The van der Waals surface area contributed by atoms with Crippen molar-refractivity contribution < 1.29 is 9.90 Å². The Kier molecular flexibility index (Phi) is 4.38. The van der Waals surface area contributed by atoms with Gasteiger partial charge in [0, 0.05) is 19.3 Å². The first kappa shape index (κ1) is 14.6. The summed E-state index contributed by atoms with van der Waals surface area (Å²) in [6.45, 7) is 10.7. The van der Waals surface area contributed by atoms with Crippen LogP contribution in [0.3, 0.4) is 0 Å². The van der Waals surface area contributed by atoms with Crippen molar-refractivity contribution in [2.24, 2.45) is 5.92 Å². The molecular weight excluding hydrogens is 226 g/mol. The van der Waals surface area contributed by atoms with Crippen molar-refractivity contribution in [3.05, 3.63) is 28.3 Å². The Morgan fingerprint density at radius 3 is 2.06 bits per heavy atom. The summed E-state index contributed by atoms with van der Waals surface area (Å²) in [6, 6.07) is 2.18. The molecule has 1 N–H and O–H groups in total. The third-order valence-electron chi connectivity index (χ3n) is 3.68. The van der Waals surface area contributed by atoms with Crippen LogP contribution in [0.2, 0.25) is 0 Å². The Labute approximate surface area is 109 Å². The molecule has 1 atom stereocenters. The lowest BCUT2D eigenvalue weighted by atomic mass is 9.97. The summed E-state index contributed by atoms with van der Waals surface area (Å²) in [5, 5.41) is 9.00. The largest absolute Gasteiger partial charge is 0.481 e. The van der Waals surface area contributed by atoms with Gasteiger partial charge in [0.15, 0.2) is 0 Å². The summed E-state index contributed by atoms with van der Waals surface area (Å²) in [6.07, 6.45) is 0. The number of aryl methyl sites for hydroxylation is 2. The lowest BCUT2D eigenvalue weighted by Gasteiger charge is -2.27. The standard InChI is InChI=1S/C15H23NO2/c1-9-7-10(2)13(5)14(12(9)4)16(6)8-11(3)15(17)18/h7,11H,8H2,1-6H3,(H,17,18). The molecule has 0 fully saturated rings. The van der Waals surface area contributed by atoms with Gasteiger partial charge in [-0.3, -0.25) is 4.79 Å². The molecule has 1 unspecified atom stereocenters. The summed E-state index contributed by atoms with van der Waals surface area (Å²) >= 11 is 0. The number of carbonyl (C=O) groups is 1. The van der Waals surface area contributed by atoms with Crippen molar-refractivity contribution in [2.75, 3.05) is 18.5 Å². The van der Waals surface area contributed by atoms with Crippen LogP contribution in [0.25, 0.3) is 0 Å². The second-order valence-corrected chi connectivity index (χ2v) is 5.23. The molecule has 1 aromatic carbocycles. The number of hydrogen-bond donors (Lipinski definition) is 1. The van der Waals surface area contributed by atoms with Gasteiger partial charge < -0.3 is 10.0 Å². The fraction of sp³-hybridized carbons (Fsp3) is 0.533. The fourth-order valence-corrected chi connectivity index (χ4v) is 2.35. The molecule has 0 heterocycles. The molecule has 18 heavy (non-hydrogen) atoms. The lowest BCUT2D eigenvalue weighted by molar-refractivity contribution is -0.140. The number of anilines is 1. The van der Waals surface area contributed by atoms with Crippen molar-refractivity contribution in [3.63, 3.8) is 0 Å². The Hall–Kier alpha value is -1.51. The highest BCUT2D eigenvalue weighted by atomic mass is 16.4.